The second-order valence-corrected chi connectivity index (χ2v) is 6.69. The highest BCUT2D eigenvalue weighted by molar-refractivity contribution is 6.06. The van der Waals surface area contributed by atoms with E-state index in [1.807, 2.05) is 23.1 Å². The summed E-state index contributed by atoms with van der Waals surface area (Å²) < 4.78 is 18.4. The summed E-state index contributed by atoms with van der Waals surface area (Å²) in [6.07, 6.45) is 0.735. The number of H-pyrrole nitrogens is 1. The molecule has 1 saturated heterocycles. The van der Waals surface area contributed by atoms with Gasteiger partial charge in [0.15, 0.2) is 5.69 Å². The van der Waals surface area contributed by atoms with E-state index < -0.39 is 0 Å². The number of nitrogens with one attached hydrogen (secondary N) is 2. The van der Waals surface area contributed by atoms with Gasteiger partial charge in [-0.15, -0.1) is 0 Å². The summed E-state index contributed by atoms with van der Waals surface area (Å²) in [5.41, 5.74) is 2.17. The van der Waals surface area contributed by atoms with E-state index in [9.17, 15) is 9.18 Å². The molecular weight excluding hydrogens is 347 g/mol. The number of para-hydroxylation sites is 1. The van der Waals surface area contributed by atoms with E-state index >= 15 is 0 Å². The molecule has 1 unspecified atom stereocenters. The van der Waals surface area contributed by atoms with Gasteiger partial charge >= 0.3 is 0 Å². The zero-order valence-electron chi connectivity index (χ0n) is 15.0. The Labute approximate surface area is 156 Å². The zero-order chi connectivity index (χ0) is 18.8. The number of piperazine rings is 1. The van der Waals surface area contributed by atoms with Crippen molar-refractivity contribution < 1.29 is 13.9 Å². The predicted octanol–water partition coefficient (Wildman–Crippen LogP) is 2.37. The number of benzene rings is 2. The minimum Gasteiger partial charge on any atom is -0.494 e. The van der Waals surface area contributed by atoms with Gasteiger partial charge in [-0.05, 0) is 30.2 Å². The predicted molar refractivity (Wildman–Crippen MR) is 100 cm³/mol. The highest BCUT2D eigenvalue weighted by Crippen LogP contribution is 2.26. The molecule has 0 spiro atoms. The average molecular weight is 368 g/mol. The molecule has 1 aliphatic heterocycles. The molecule has 6 nitrogen and oxygen atoms in total. The first-order chi connectivity index (χ1) is 13.2. The number of aromatic amines is 1. The van der Waals surface area contributed by atoms with Gasteiger partial charge in [0, 0.05) is 31.1 Å². The summed E-state index contributed by atoms with van der Waals surface area (Å²) in [5, 5.41) is 11.3. The number of rotatable bonds is 4. The van der Waals surface area contributed by atoms with Crippen molar-refractivity contribution in [2.24, 2.45) is 0 Å². The standard InChI is InChI=1S/C20H21FN4O2/c1-27-17-4-2-3-16-18(17)23-24-19(16)20(26)25-10-9-22-15(12-25)11-13-5-7-14(21)8-6-13/h2-8,15,22H,9-12H2,1H3,(H,23,24). The van der Waals surface area contributed by atoms with Crippen LogP contribution in [0.3, 0.4) is 0 Å². The Kier molecular flexibility index (Phi) is 4.77. The van der Waals surface area contributed by atoms with Crippen LogP contribution >= 0.6 is 0 Å². The molecule has 1 atom stereocenters. The average Bonchev–Trinajstić information content (AvgIpc) is 3.13. The zero-order valence-corrected chi connectivity index (χ0v) is 15.0. The van der Waals surface area contributed by atoms with Gasteiger partial charge in [0.05, 0.1) is 7.11 Å². The third-order valence-corrected chi connectivity index (χ3v) is 4.92. The summed E-state index contributed by atoms with van der Waals surface area (Å²) >= 11 is 0. The normalized spacial score (nSPS) is 17.3. The molecule has 7 heteroatoms. The van der Waals surface area contributed by atoms with Gasteiger partial charge in [-0.2, -0.15) is 5.10 Å². The second-order valence-electron chi connectivity index (χ2n) is 6.69. The Balaban J connectivity index is 1.51. The first-order valence-corrected chi connectivity index (χ1v) is 8.94. The fraction of sp³-hybridized carbons (Fsp3) is 0.300. The molecular formula is C20H21FN4O2. The van der Waals surface area contributed by atoms with Crippen molar-refractivity contribution in [3.63, 3.8) is 0 Å². The van der Waals surface area contributed by atoms with Crippen LogP contribution in [-0.4, -0.2) is 53.8 Å². The quantitative estimate of drug-likeness (QED) is 0.742. The Morgan fingerprint density at radius 1 is 1.30 bits per heavy atom. The highest BCUT2D eigenvalue weighted by atomic mass is 19.1. The monoisotopic (exact) mass is 368 g/mol. The Morgan fingerprint density at radius 2 is 2.11 bits per heavy atom. The van der Waals surface area contributed by atoms with Crippen LogP contribution in [0.25, 0.3) is 10.9 Å². The van der Waals surface area contributed by atoms with Crippen molar-refractivity contribution in [1.29, 1.82) is 0 Å². The first-order valence-electron chi connectivity index (χ1n) is 8.94. The van der Waals surface area contributed by atoms with Crippen molar-refractivity contribution in [3.05, 3.63) is 59.5 Å². The maximum absolute atomic E-state index is 13.1. The van der Waals surface area contributed by atoms with Crippen LogP contribution in [0.5, 0.6) is 5.75 Å². The van der Waals surface area contributed by atoms with Crippen LogP contribution in [0.1, 0.15) is 16.1 Å². The summed E-state index contributed by atoms with van der Waals surface area (Å²) in [4.78, 5) is 14.9. The van der Waals surface area contributed by atoms with Gasteiger partial charge in [0.25, 0.3) is 5.91 Å². The van der Waals surface area contributed by atoms with Crippen molar-refractivity contribution in [3.8, 4) is 5.75 Å². The van der Waals surface area contributed by atoms with Gasteiger partial charge in [0.1, 0.15) is 17.1 Å². The van der Waals surface area contributed by atoms with Gasteiger partial charge in [-0.3, -0.25) is 9.89 Å². The Hall–Kier alpha value is -2.93. The smallest absolute Gasteiger partial charge is 0.275 e. The van der Waals surface area contributed by atoms with E-state index in [-0.39, 0.29) is 17.8 Å². The molecule has 0 aliphatic carbocycles. The molecule has 0 saturated carbocycles. The molecule has 2 heterocycles. The minimum absolute atomic E-state index is 0.0971. The Bertz CT molecular complexity index is 954. The van der Waals surface area contributed by atoms with Gasteiger partial charge in [-0.25, -0.2) is 4.39 Å². The Morgan fingerprint density at radius 3 is 2.89 bits per heavy atom. The topological polar surface area (TPSA) is 70.2 Å². The van der Waals surface area contributed by atoms with Gasteiger partial charge in [-0.1, -0.05) is 24.3 Å². The molecule has 0 bridgehead atoms. The van der Waals surface area contributed by atoms with E-state index in [2.05, 4.69) is 15.5 Å². The van der Waals surface area contributed by atoms with E-state index in [1.165, 1.54) is 12.1 Å². The molecule has 1 aromatic heterocycles. The molecule has 2 aromatic carbocycles. The van der Waals surface area contributed by atoms with Crippen LogP contribution in [0.2, 0.25) is 0 Å². The number of nitrogens with zero attached hydrogens (tertiary/aromatic N) is 2. The third kappa shape index (κ3) is 3.50. The SMILES string of the molecule is COc1cccc2c(C(=O)N3CCNC(Cc4ccc(F)cc4)C3)n[nH]c12. The van der Waals surface area contributed by atoms with Crippen molar-refractivity contribution in [2.75, 3.05) is 26.7 Å². The maximum Gasteiger partial charge on any atom is 0.275 e. The molecule has 3 aromatic rings. The number of hydrogen-bond acceptors (Lipinski definition) is 4. The number of carbonyl (C=O) groups excluding carboxylic acids is 1. The highest BCUT2D eigenvalue weighted by Gasteiger charge is 2.27. The van der Waals surface area contributed by atoms with Crippen LogP contribution in [0.4, 0.5) is 4.39 Å². The number of fused-ring (bicyclic) bond motifs is 1. The van der Waals surface area contributed by atoms with Crippen molar-refractivity contribution in [2.45, 2.75) is 12.5 Å². The summed E-state index contributed by atoms with van der Waals surface area (Å²) in [6.45, 7) is 1.91. The molecule has 1 fully saturated rings. The van der Waals surface area contributed by atoms with Crippen LogP contribution in [0, 0.1) is 5.82 Å². The number of ether oxygens (including phenoxy) is 1. The number of amides is 1. The van der Waals surface area contributed by atoms with Crippen LogP contribution < -0.4 is 10.1 Å². The number of carbonyl (C=O) groups is 1. The molecule has 140 valence electrons. The summed E-state index contributed by atoms with van der Waals surface area (Å²) in [7, 11) is 1.59. The van der Waals surface area contributed by atoms with E-state index in [1.54, 1.807) is 19.2 Å². The largest absolute Gasteiger partial charge is 0.494 e. The molecule has 0 radical (unpaired) electrons. The lowest BCUT2D eigenvalue weighted by Crippen LogP contribution is -2.53. The second kappa shape index (κ2) is 7.36. The third-order valence-electron chi connectivity index (χ3n) is 4.92. The molecule has 2 N–H and O–H groups in total. The van der Waals surface area contributed by atoms with E-state index in [4.69, 9.17) is 4.74 Å². The number of hydrogen-bond donors (Lipinski definition) is 2. The van der Waals surface area contributed by atoms with Gasteiger partial charge < -0.3 is 15.0 Å². The van der Waals surface area contributed by atoms with Crippen molar-refractivity contribution in [1.82, 2.24) is 20.4 Å². The lowest BCUT2D eigenvalue weighted by Gasteiger charge is -2.33. The van der Waals surface area contributed by atoms with Crippen molar-refractivity contribution >= 4 is 16.8 Å². The summed E-state index contributed by atoms with van der Waals surface area (Å²) in [5.74, 6) is 0.321. The van der Waals surface area contributed by atoms with E-state index in [0.29, 0.717) is 31.1 Å². The molecule has 27 heavy (non-hydrogen) atoms. The van der Waals surface area contributed by atoms with Gasteiger partial charge in [0.2, 0.25) is 0 Å². The molecule has 1 amide bonds. The fourth-order valence-corrected chi connectivity index (χ4v) is 3.55. The minimum atomic E-state index is -0.243. The molecule has 4 rings (SSSR count). The lowest BCUT2D eigenvalue weighted by molar-refractivity contribution is 0.0699. The number of halogens is 1. The first kappa shape index (κ1) is 17.5. The summed E-state index contributed by atoms with van der Waals surface area (Å²) in [6, 6.07) is 12.2. The molecule has 1 aliphatic rings. The number of methoxy groups -OCH3 is 1. The van der Waals surface area contributed by atoms with Crippen LogP contribution in [-0.2, 0) is 6.42 Å². The lowest BCUT2D eigenvalue weighted by atomic mass is 10.0. The maximum atomic E-state index is 13.1. The van der Waals surface area contributed by atoms with E-state index in [0.717, 1.165) is 22.9 Å². The van der Waals surface area contributed by atoms with Crippen LogP contribution in [0.15, 0.2) is 42.5 Å². The number of aromatic nitrogens is 2. The fourth-order valence-electron chi connectivity index (χ4n) is 3.55.